The molecule has 2 aromatic rings. The number of phenols is 2. The number of hydrogen-bond acceptors (Lipinski definition) is 7. The van der Waals surface area contributed by atoms with Gasteiger partial charge in [0.25, 0.3) is 5.91 Å². The van der Waals surface area contributed by atoms with E-state index in [1.807, 2.05) is 0 Å². The molecule has 3 rings (SSSR count). The lowest BCUT2D eigenvalue weighted by atomic mass is 10.2. The third-order valence-corrected chi connectivity index (χ3v) is 5.02. The molecule has 0 bridgehead atoms. The fourth-order valence-electron chi connectivity index (χ4n) is 2.43. The molecule has 0 radical (unpaired) electrons. The fraction of sp³-hybridized carbons (Fsp3) is 0.111. The molecule has 1 aliphatic rings. The van der Waals surface area contributed by atoms with Crippen LogP contribution in [-0.4, -0.2) is 34.7 Å². The molecule has 2 aromatic carbocycles. The van der Waals surface area contributed by atoms with Gasteiger partial charge in [0.15, 0.2) is 15.8 Å². The predicted molar refractivity (Wildman–Crippen MR) is 105 cm³/mol. The Balaban J connectivity index is 1.99. The summed E-state index contributed by atoms with van der Waals surface area (Å²) < 4.78 is 10.9. The number of aromatic hydroxyl groups is 2. The summed E-state index contributed by atoms with van der Waals surface area (Å²) in [5, 5.41) is 19.0. The Morgan fingerprint density at radius 3 is 2.50 bits per heavy atom. The molecule has 8 heteroatoms. The largest absolute Gasteiger partial charge is 0.504 e. The second kappa shape index (κ2) is 7.27. The third kappa shape index (κ3) is 3.33. The summed E-state index contributed by atoms with van der Waals surface area (Å²) in [5.74, 6) is 0.270. The topological polar surface area (TPSA) is 79.2 Å². The van der Waals surface area contributed by atoms with Crippen molar-refractivity contribution < 1.29 is 24.5 Å². The average molecular weight is 389 g/mol. The van der Waals surface area contributed by atoms with Crippen LogP contribution in [-0.2, 0) is 4.79 Å². The molecule has 0 spiro atoms. The molecular weight excluding hydrogens is 374 g/mol. The van der Waals surface area contributed by atoms with Crippen LogP contribution in [0.2, 0.25) is 0 Å². The number of ether oxygens (including phenoxy) is 2. The standard InChI is InChI=1S/C18H15NO5S2/c1-23-11-4-6-15(24-2)12(9-11)19-17(22)16(26-18(19)25)8-10-3-5-13(20)14(21)7-10/h3-9,20-21H,1-2H3/b16-8+. The molecule has 0 unspecified atom stereocenters. The van der Waals surface area contributed by atoms with Crippen LogP contribution in [0.25, 0.3) is 6.08 Å². The van der Waals surface area contributed by atoms with E-state index in [0.29, 0.717) is 32.0 Å². The first-order chi connectivity index (χ1) is 12.4. The fourth-order valence-corrected chi connectivity index (χ4v) is 3.71. The highest BCUT2D eigenvalue weighted by Gasteiger charge is 2.35. The molecule has 1 heterocycles. The first kappa shape index (κ1) is 18.1. The molecule has 1 saturated heterocycles. The average Bonchev–Trinajstić information content (AvgIpc) is 2.91. The van der Waals surface area contributed by atoms with E-state index in [9.17, 15) is 15.0 Å². The van der Waals surface area contributed by atoms with E-state index in [1.165, 1.54) is 31.3 Å². The summed E-state index contributed by atoms with van der Waals surface area (Å²) >= 11 is 6.51. The van der Waals surface area contributed by atoms with Gasteiger partial charge in [-0.25, -0.2) is 0 Å². The maximum Gasteiger partial charge on any atom is 0.270 e. The number of thioether (sulfide) groups is 1. The summed E-state index contributed by atoms with van der Waals surface area (Å²) in [4.78, 5) is 14.7. The molecule has 134 valence electrons. The van der Waals surface area contributed by atoms with E-state index >= 15 is 0 Å². The number of carbonyl (C=O) groups excluding carboxylic acids is 1. The minimum absolute atomic E-state index is 0.226. The SMILES string of the molecule is COc1ccc(OC)c(N2C(=O)/C(=C\c3ccc(O)c(O)c3)SC2=S)c1. The first-order valence-corrected chi connectivity index (χ1v) is 8.69. The van der Waals surface area contributed by atoms with Gasteiger partial charge in [-0.2, -0.15) is 0 Å². The van der Waals surface area contributed by atoms with Crippen LogP contribution in [0.3, 0.4) is 0 Å². The maximum atomic E-state index is 12.9. The molecule has 0 aliphatic carbocycles. The summed E-state index contributed by atoms with van der Waals surface area (Å²) in [5.41, 5.74) is 1.06. The lowest BCUT2D eigenvalue weighted by Gasteiger charge is -2.18. The molecule has 2 N–H and O–H groups in total. The number of benzene rings is 2. The molecule has 0 aromatic heterocycles. The number of carbonyl (C=O) groups is 1. The van der Waals surface area contributed by atoms with Crippen molar-refractivity contribution >= 4 is 46.0 Å². The lowest BCUT2D eigenvalue weighted by Crippen LogP contribution is -2.28. The van der Waals surface area contributed by atoms with Crippen LogP contribution in [0.15, 0.2) is 41.3 Å². The third-order valence-electron chi connectivity index (χ3n) is 3.72. The van der Waals surface area contributed by atoms with Crippen LogP contribution < -0.4 is 14.4 Å². The molecule has 1 aliphatic heterocycles. The Bertz CT molecular complexity index is 926. The van der Waals surface area contributed by atoms with Gasteiger partial charge in [0.05, 0.1) is 24.8 Å². The molecule has 6 nitrogen and oxygen atoms in total. The summed E-state index contributed by atoms with van der Waals surface area (Å²) in [6.07, 6.45) is 1.60. The lowest BCUT2D eigenvalue weighted by molar-refractivity contribution is -0.113. The Labute approximate surface area is 159 Å². The van der Waals surface area contributed by atoms with Gasteiger partial charge in [-0.3, -0.25) is 9.69 Å². The van der Waals surface area contributed by atoms with Crippen LogP contribution in [0.4, 0.5) is 5.69 Å². The van der Waals surface area contributed by atoms with Crippen molar-refractivity contribution in [1.82, 2.24) is 0 Å². The Hall–Kier alpha value is -2.71. The molecule has 1 amide bonds. The van der Waals surface area contributed by atoms with E-state index in [-0.39, 0.29) is 17.4 Å². The van der Waals surface area contributed by atoms with Crippen molar-refractivity contribution in [3.8, 4) is 23.0 Å². The number of thiocarbonyl (C=S) groups is 1. The summed E-state index contributed by atoms with van der Waals surface area (Å²) in [7, 11) is 3.05. The smallest absolute Gasteiger partial charge is 0.270 e. The molecule has 26 heavy (non-hydrogen) atoms. The number of rotatable bonds is 4. The van der Waals surface area contributed by atoms with Crippen LogP contribution in [0.5, 0.6) is 23.0 Å². The van der Waals surface area contributed by atoms with Crippen LogP contribution in [0, 0.1) is 0 Å². The summed E-state index contributed by atoms with van der Waals surface area (Å²) in [6, 6.07) is 9.43. The van der Waals surface area contributed by atoms with E-state index in [0.717, 1.165) is 11.8 Å². The van der Waals surface area contributed by atoms with Crippen molar-refractivity contribution in [2.75, 3.05) is 19.1 Å². The number of hydrogen-bond donors (Lipinski definition) is 2. The Morgan fingerprint density at radius 1 is 1.08 bits per heavy atom. The van der Waals surface area contributed by atoms with Gasteiger partial charge in [0, 0.05) is 6.07 Å². The zero-order valence-corrected chi connectivity index (χ0v) is 15.6. The molecule has 0 atom stereocenters. The van der Waals surface area contributed by atoms with Crippen molar-refractivity contribution in [2.24, 2.45) is 0 Å². The van der Waals surface area contributed by atoms with Crippen molar-refractivity contribution in [3.63, 3.8) is 0 Å². The quantitative estimate of drug-likeness (QED) is 0.470. The second-order valence-corrected chi connectivity index (χ2v) is 6.98. The highest BCUT2D eigenvalue weighted by molar-refractivity contribution is 8.27. The van der Waals surface area contributed by atoms with Crippen molar-refractivity contribution in [1.29, 1.82) is 0 Å². The number of anilines is 1. The van der Waals surface area contributed by atoms with Crippen molar-refractivity contribution in [3.05, 3.63) is 46.9 Å². The number of phenolic OH excluding ortho intramolecular Hbond substituents is 2. The second-order valence-electron chi connectivity index (χ2n) is 5.30. The predicted octanol–water partition coefficient (Wildman–Crippen LogP) is 3.52. The van der Waals surface area contributed by atoms with E-state index in [1.54, 1.807) is 30.3 Å². The van der Waals surface area contributed by atoms with Crippen LogP contribution >= 0.6 is 24.0 Å². The van der Waals surface area contributed by atoms with Gasteiger partial charge >= 0.3 is 0 Å². The zero-order chi connectivity index (χ0) is 18.8. The molecule has 1 fully saturated rings. The zero-order valence-electron chi connectivity index (χ0n) is 13.9. The van der Waals surface area contributed by atoms with Crippen molar-refractivity contribution in [2.45, 2.75) is 0 Å². The molecular formula is C18H15NO5S2. The minimum atomic E-state index is -0.306. The normalized spacial score (nSPS) is 15.6. The van der Waals surface area contributed by atoms with Gasteiger partial charge in [-0.15, -0.1) is 0 Å². The maximum absolute atomic E-state index is 12.9. The van der Waals surface area contributed by atoms with E-state index in [4.69, 9.17) is 21.7 Å². The number of nitrogens with zero attached hydrogens (tertiary/aromatic N) is 1. The van der Waals surface area contributed by atoms with Gasteiger partial charge in [0.1, 0.15) is 11.5 Å². The van der Waals surface area contributed by atoms with E-state index in [2.05, 4.69) is 0 Å². The number of methoxy groups -OCH3 is 2. The van der Waals surface area contributed by atoms with E-state index < -0.39 is 0 Å². The van der Waals surface area contributed by atoms with Gasteiger partial charge < -0.3 is 19.7 Å². The molecule has 0 saturated carbocycles. The Morgan fingerprint density at radius 2 is 1.85 bits per heavy atom. The van der Waals surface area contributed by atoms with Gasteiger partial charge in [-0.1, -0.05) is 30.0 Å². The van der Waals surface area contributed by atoms with Gasteiger partial charge in [-0.05, 0) is 35.9 Å². The first-order valence-electron chi connectivity index (χ1n) is 7.46. The monoisotopic (exact) mass is 389 g/mol. The van der Waals surface area contributed by atoms with Crippen LogP contribution in [0.1, 0.15) is 5.56 Å². The number of amides is 1. The Kier molecular flexibility index (Phi) is 5.06. The minimum Gasteiger partial charge on any atom is -0.504 e. The highest BCUT2D eigenvalue weighted by atomic mass is 32.2. The van der Waals surface area contributed by atoms with Gasteiger partial charge in [0.2, 0.25) is 0 Å². The highest BCUT2D eigenvalue weighted by Crippen LogP contribution is 2.41. The summed E-state index contributed by atoms with van der Waals surface area (Å²) in [6.45, 7) is 0.